The van der Waals surface area contributed by atoms with Gasteiger partial charge in [-0.15, -0.1) is 0 Å². The van der Waals surface area contributed by atoms with E-state index in [2.05, 4.69) is 15.0 Å². The van der Waals surface area contributed by atoms with Crippen LogP contribution in [-0.2, 0) is 16.0 Å². The number of H-pyrrole nitrogens is 1. The first-order valence-electron chi connectivity index (χ1n) is 9.46. The highest BCUT2D eigenvalue weighted by Crippen LogP contribution is 2.29. The van der Waals surface area contributed by atoms with Gasteiger partial charge in [-0.05, 0) is 37.0 Å². The normalized spacial score (nSPS) is 19.0. The lowest BCUT2D eigenvalue weighted by atomic mass is 10.1. The first-order chi connectivity index (χ1) is 14.8. The van der Waals surface area contributed by atoms with Crippen molar-refractivity contribution in [3.05, 3.63) is 46.8 Å². The fourth-order valence-corrected chi connectivity index (χ4v) is 3.14. The second kappa shape index (κ2) is 9.55. The smallest absolute Gasteiger partial charge is 0.320 e. The third kappa shape index (κ3) is 5.17. The molecule has 0 spiro atoms. The number of aliphatic carboxylic acids is 1. The molecule has 1 fully saturated rings. The van der Waals surface area contributed by atoms with E-state index in [4.69, 9.17) is 30.9 Å². The number of fused-ring (bicyclic) bond motifs is 1. The van der Waals surface area contributed by atoms with E-state index >= 15 is 0 Å². The third-order valence-electron chi connectivity index (χ3n) is 4.78. The third-order valence-corrected chi connectivity index (χ3v) is 4.78. The summed E-state index contributed by atoms with van der Waals surface area (Å²) in [5.74, 6) is -1.62. The van der Waals surface area contributed by atoms with Gasteiger partial charge >= 0.3 is 5.97 Å². The quantitative estimate of drug-likeness (QED) is 0.294. The molecule has 1 aliphatic heterocycles. The molecule has 12 heteroatoms. The topological polar surface area (TPSA) is 197 Å². The molecule has 4 rings (SSSR count). The van der Waals surface area contributed by atoms with Crippen molar-refractivity contribution in [3.8, 4) is 11.5 Å². The van der Waals surface area contributed by atoms with Gasteiger partial charge in [0.2, 0.25) is 0 Å². The number of hydrogen-bond acceptors (Lipinski definition) is 9. The molecule has 3 atom stereocenters. The highest BCUT2D eigenvalue weighted by atomic mass is 16.5. The van der Waals surface area contributed by atoms with Crippen LogP contribution in [0.5, 0.6) is 11.5 Å². The number of aliphatic hydroxyl groups excluding tert-OH is 1. The van der Waals surface area contributed by atoms with Gasteiger partial charge in [-0.3, -0.25) is 14.2 Å². The summed E-state index contributed by atoms with van der Waals surface area (Å²) < 4.78 is 7.36. The van der Waals surface area contributed by atoms with Crippen molar-refractivity contribution in [1.29, 1.82) is 0 Å². The zero-order chi connectivity index (χ0) is 22.5. The molecule has 1 aliphatic rings. The number of imidazole rings is 1. The van der Waals surface area contributed by atoms with E-state index < -0.39 is 12.0 Å². The SMILES string of the molecule is N[C@@H](Cc1ccc(O)c(O)c1)C(=O)O.O=c1[nH]cnc2c1ncn2[C@H]1CC[C@@H](CO)O1. The van der Waals surface area contributed by atoms with Crippen molar-refractivity contribution in [2.75, 3.05) is 6.61 Å². The number of aliphatic hydroxyl groups is 1. The summed E-state index contributed by atoms with van der Waals surface area (Å²) in [6.07, 6.45) is 4.25. The van der Waals surface area contributed by atoms with Crippen LogP contribution in [0.4, 0.5) is 0 Å². The van der Waals surface area contributed by atoms with E-state index in [1.54, 1.807) is 10.9 Å². The molecule has 3 aromatic rings. The number of ether oxygens (including phenoxy) is 1. The summed E-state index contributed by atoms with van der Waals surface area (Å²) >= 11 is 0. The molecular formula is C19H23N5O7. The van der Waals surface area contributed by atoms with Gasteiger partial charge in [-0.2, -0.15) is 0 Å². The summed E-state index contributed by atoms with van der Waals surface area (Å²) in [7, 11) is 0. The van der Waals surface area contributed by atoms with E-state index in [1.807, 2.05) is 0 Å². The molecule has 1 saturated heterocycles. The fourth-order valence-electron chi connectivity index (χ4n) is 3.14. The molecule has 0 saturated carbocycles. The van der Waals surface area contributed by atoms with Crippen LogP contribution in [0.3, 0.4) is 0 Å². The maximum absolute atomic E-state index is 11.5. The number of phenols is 2. The molecule has 31 heavy (non-hydrogen) atoms. The zero-order valence-corrected chi connectivity index (χ0v) is 16.4. The van der Waals surface area contributed by atoms with Crippen LogP contribution < -0.4 is 11.3 Å². The Kier molecular flexibility index (Phi) is 6.84. The molecule has 7 N–H and O–H groups in total. The van der Waals surface area contributed by atoms with Gasteiger partial charge in [0, 0.05) is 0 Å². The molecule has 166 valence electrons. The van der Waals surface area contributed by atoms with Crippen LogP contribution in [-0.4, -0.2) is 64.7 Å². The van der Waals surface area contributed by atoms with E-state index in [0.717, 1.165) is 12.8 Å². The molecule has 0 amide bonds. The Morgan fingerprint density at radius 2 is 2.06 bits per heavy atom. The van der Waals surface area contributed by atoms with Crippen LogP contribution in [0.2, 0.25) is 0 Å². The number of hydrogen-bond donors (Lipinski definition) is 6. The van der Waals surface area contributed by atoms with Crippen molar-refractivity contribution < 1.29 is 30.0 Å². The number of nitrogens with zero attached hydrogens (tertiary/aromatic N) is 3. The van der Waals surface area contributed by atoms with Gasteiger partial charge < -0.3 is 35.9 Å². The number of phenolic OH excluding ortho intramolecular Hbond substituents is 2. The summed E-state index contributed by atoms with van der Waals surface area (Å²) in [6.45, 7) is 0.0111. The maximum Gasteiger partial charge on any atom is 0.320 e. The Morgan fingerprint density at radius 3 is 2.71 bits per heavy atom. The number of benzene rings is 1. The Bertz CT molecular complexity index is 1110. The zero-order valence-electron chi connectivity index (χ0n) is 16.4. The number of aromatic hydroxyl groups is 2. The molecular weight excluding hydrogens is 410 g/mol. The van der Waals surface area contributed by atoms with Gasteiger partial charge in [0.05, 0.1) is 25.4 Å². The lowest BCUT2D eigenvalue weighted by molar-refractivity contribution is -0.138. The van der Waals surface area contributed by atoms with Crippen molar-refractivity contribution in [3.63, 3.8) is 0 Å². The first kappa shape index (κ1) is 22.2. The van der Waals surface area contributed by atoms with Crippen molar-refractivity contribution in [1.82, 2.24) is 19.5 Å². The van der Waals surface area contributed by atoms with Crippen LogP contribution >= 0.6 is 0 Å². The van der Waals surface area contributed by atoms with Gasteiger partial charge in [0.15, 0.2) is 22.7 Å². The minimum Gasteiger partial charge on any atom is -0.504 e. The number of carboxylic acid groups (broad SMARTS) is 1. The summed E-state index contributed by atoms with van der Waals surface area (Å²) in [4.78, 5) is 32.5. The van der Waals surface area contributed by atoms with Crippen LogP contribution in [0, 0.1) is 0 Å². The lowest BCUT2D eigenvalue weighted by Crippen LogP contribution is -2.32. The van der Waals surface area contributed by atoms with E-state index in [0.29, 0.717) is 16.7 Å². The highest BCUT2D eigenvalue weighted by Gasteiger charge is 2.27. The monoisotopic (exact) mass is 433 g/mol. The van der Waals surface area contributed by atoms with Crippen LogP contribution in [0.15, 0.2) is 35.6 Å². The number of carboxylic acids is 1. The molecule has 0 radical (unpaired) electrons. The van der Waals surface area contributed by atoms with Crippen molar-refractivity contribution in [2.24, 2.45) is 5.73 Å². The van der Waals surface area contributed by atoms with Gasteiger partial charge in [-0.25, -0.2) is 9.97 Å². The Hall–Kier alpha value is -3.48. The molecule has 2 aromatic heterocycles. The largest absolute Gasteiger partial charge is 0.504 e. The summed E-state index contributed by atoms with van der Waals surface area (Å²) in [5, 5.41) is 35.7. The second-order valence-electron chi connectivity index (χ2n) is 7.00. The minimum absolute atomic E-state index is 0.0111. The maximum atomic E-state index is 11.5. The van der Waals surface area contributed by atoms with E-state index in [1.165, 1.54) is 24.5 Å². The van der Waals surface area contributed by atoms with Crippen molar-refractivity contribution >= 4 is 17.1 Å². The van der Waals surface area contributed by atoms with Crippen LogP contribution in [0.1, 0.15) is 24.6 Å². The number of nitrogens with two attached hydrogens (primary N) is 1. The molecule has 0 unspecified atom stereocenters. The van der Waals surface area contributed by atoms with Crippen LogP contribution in [0.25, 0.3) is 11.2 Å². The Balaban J connectivity index is 0.000000180. The predicted molar refractivity (Wildman–Crippen MR) is 107 cm³/mol. The van der Waals surface area contributed by atoms with E-state index in [9.17, 15) is 9.59 Å². The Morgan fingerprint density at radius 1 is 1.29 bits per heavy atom. The average molecular weight is 433 g/mol. The number of aromatic amines is 1. The van der Waals surface area contributed by atoms with Gasteiger partial charge in [0.1, 0.15) is 12.3 Å². The van der Waals surface area contributed by atoms with Gasteiger partial charge in [-0.1, -0.05) is 6.07 Å². The van der Waals surface area contributed by atoms with Gasteiger partial charge in [0.25, 0.3) is 5.56 Å². The van der Waals surface area contributed by atoms with Crippen molar-refractivity contribution in [2.45, 2.75) is 37.6 Å². The fraction of sp³-hybridized carbons (Fsp3) is 0.368. The second-order valence-corrected chi connectivity index (χ2v) is 7.00. The minimum atomic E-state index is -1.10. The highest BCUT2D eigenvalue weighted by molar-refractivity contribution is 5.73. The number of nitrogens with one attached hydrogen (secondary N) is 1. The van der Waals surface area contributed by atoms with E-state index in [-0.39, 0.29) is 42.4 Å². The number of aromatic nitrogens is 4. The standard InChI is InChI=1S/C10H12N4O3.C9H11NO4/c15-3-6-1-2-7(17-6)14-5-13-8-9(14)11-4-12-10(8)16;10-6(9(13)14)3-5-1-2-7(11)8(12)4-5/h4-7,15H,1-3H2,(H,11,12,16);1-2,4,6,11-12H,3,10H2,(H,13,14)/t6-,7+;6-/m00/s1. The lowest BCUT2D eigenvalue weighted by Gasteiger charge is -2.13. The molecule has 0 aliphatic carbocycles. The first-order valence-corrected chi connectivity index (χ1v) is 9.46. The number of rotatable bonds is 5. The number of carbonyl (C=O) groups is 1. The molecule has 1 aromatic carbocycles. The Labute approximate surface area is 175 Å². The summed E-state index contributed by atoms with van der Waals surface area (Å²) in [5.41, 5.74) is 6.42. The molecule has 3 heterocycles. The summed E-state index contributed by atoms with van der Waals surface area (Å²) in [6, 6.07) is 3.09. The average Bonchev–Trinajstić information content (AvgIpc) is 3.38. The predicted octanol–water partition coefficient (Wildman–Crippen LogP) is -0.158. The molecule has 12 nitrogen and oxygen atoms in total. The molecule has 0 bridgehead atoms.